The predicted molar refractivity (Wildman–Crippen MR) is 109 cm³/mol. The summed E-state index contributed by atoms with van der Waals surface area (Å²) < 4.78 is 0. The summed E-state index contributed by atoms with van der Waals surface area (Å²) in [6, 6.07) is 5.38. The summed E-state index contributed by atoms with van der Waals surface area (Å²) in [4.78, 5) is 27.1. The van der Waals surface area contributed by atoms with Gasteiger partial charge < -0.3 is 16.0 Å². The molecule has 2 aliphatic rings. The number of amides is 2. The lowest BCUT2D eigenvalue weighted by molar-refractivity contribution is -0.122. The monoisotopic (exact) mass is 391 g/mol. The number of halogens is 1. The molecular formula is C21H30ClN3O2. The summed E-state index contributed by atoms with van der Waals surface area (Å²) in [6.45, 7) is 3.92. The van der Waals surface area contributed by atoms with Crippen molar-refractivity contribution in [3.63, 3.8) is 0 Å². The van der Waals surface area contributed by atoms with Crippen LogP contribution in [0.1, 0.15) is 56.3 Å². The van der Waals surface area contributed by atoms with Crippen LogP contribution in [0.25, 0.3) is 0 Å². The number of fused-ring (bicyclic) bond motifs is 2. The van der Waals surface area contributed by atoms with E-state index in [2.05, 4.69) is 5.32 Å². The maximum Gasteiger partial charge on any atom is 0.253 e. The summed E-state index contributed by atoms with van der Waals surface area (Å²) in [6.07, 6.45) is 5.14. The largest absolute Gasteiger partial charge is 0.339 e. The first-order valence-electron chi connectivity index (χ1n) is 9.91. The lowest BCUT2D eigenvalue weighted by Crippen LogP contribution is -2.48. The van der Waals surface area contributed by atoms with Gasteiger partial charge in [-0.2, -0.15) is 0 Å². The molecule has 1 aromatic carbocycles. The number of nitrogens with zero attached hydrogens (tertiary/aromatic N) is 1. The number of nitrogens with one attached hydrogen (secondary N) is 1. The summed E-state index contributed by atoms with van der Waals surface area (Å²) in [5.74, 6) is 0.749. The highest BCUT2D eigenvalue weighted by molar-refractivity contribution is 6.33. The van der Waals surface area contributed by atoms with Crippen molar-refractivity contribution in [2.24, 2.45) is 23.5 Å². The zero-order valence-corrected chi connectivity index (χ0v) is 17.1. The van der Waals surface area contributed by atoms with Gasteiger partial charge in [0.1, 0.15) is 0 Å². The molecular weight excluding hydrogens is 362 g/mol. The van der Waals surface area contributed by atoms with Gasteiger partial charge in [0.15, 0.2) is 0 Å². The number of carbonyl (C=O) groups is 2. The first kappa shape index (κ1) is 20.2. The Morgan fingerprint density at radius 2 is 1.85 bits per heavy atom. The quantitative estimate of drug-likeness (QED) is 0.816. The Balaban J connectivity index is 1.72. The fourth-order valence-electron chi connectivity index (χ4n) is 4.43. The molecule has 2 saturated carbocycles. The second kappa shape index (κ2) is 8.19. The van der Waals surface area contributed by atoms with Crippen LogP contribution in [0.4, 0.5) is 5.69 Å². The zero-order valence-electron chi connectivity index (χ0n) is 16.4. The average Bonchev–Trinajstić information content (AvgIpc) is 2.61. The van der Waals surface area contributed by atoms with E-state index in [1.807, 2.05) is 13.8 Å². The van der Waals surface area contributed by atoms with Crippen molar-refractivity contribution < 1.29 is 9.59 Å². The van der Waals surface area contributed by atoms with Gasteiger partial charge in [-0.1, -0.05) is 18.0 Å². The number of carbonyl (C=O) groups excluding carboxylic acids is 2. The molecule has 0 spiro atoms. The smallest absolute Gasteiger partial charge is 0.253 e. The zero-order chi connectivity index (χ0) is 19.7. The fourth-order valence-corrected chi connectivity index (χ4v) is 4.60. The molecule has 2 bridgehead atoms. The van der Waals surface area contributed by atoms with Crippen LogP contribution < -0.4 is 11.1 Å². The summed E-state index contributed by atoms with van der Waals surface area (Å²) in [5.41, 5.74) is 7.36. The van der Waals surface area contributed by atoms with Crippen LogP contribution in [0.2, 0.25) is 5.02 Å². The molecule has 0 heterocycles. The molecule has 5 nitrogen and oxygen atoms in total. The Morgan fingerprint density at radius 1 is 1.22 bits per heavy atom. The maximum absolute atomic E-state index is 12.9. The van der Waals surface area contributed by atoms with E-state index >= 15 is 0 Å². The Kier molecular flexibility index (Phi) is 6.11. The molecule has 0 aliphatic heterocycles. The Labute approximate surface area is 166 Å². The highest BCUT2D eigenvalue weighted by atomic mass is 35.5. The van der Waals surface area contributed by atoms with E-state index in [-0.39, 0.29) is 29.8 Å². The minimum Gasteiger partial charge on any atom is -0.339 e. The summed E-state index contributed by atoms with van der Waals surface area (Å²) >= 11 is 6.29. The van der Waals surface area contributed by atoms with Crippen LogP contribution in [-0.2, 0) is 4.79 Å². The molecule has 2 aliphatic carbocycles. The van der Waals surface area contributed by atoms with Gasteiger partial charge in [0.05, 0.1) is 10.7 Å². The minimum absolute atomic E-state index is 0.0116. The first-order chi connectivity index (χ1) is 12.8. The number of hydrogen-bond donors (Lipinski definition) is 2. The van der Waals surface area contributed by atoms with Gasteiger partial charge in [-0.15, -0.1) is 0 Å². The highest BCUT2D eigenvalue weighted by Crippen LogP contribution is 2.42. The minimum atomic E-state index is -0.0877. The van der Waals surface area contributed by atoms with E-state index < -0.39 is 0 Å². The van der Waals surface area contributed by atoms with Gasteiger partial charge in [0.2, 0.25) is 5.91 Å². The van der Waals surface area contributed by atoms with Crippen LogP contribution in [0.15, 0.2) is 18.2 Å². The third kappa shape index (κ3) is 4.30. The van der Waals surface area contributed by atoms with Gasteiger partial charge in [-0.05, 0) is 69.6 Å². The molecule has 6 heteroatoms. The Hall–Kier alpha value is -1.59. The van der Waals surface area contributed by atoms with Crippen LogP contribution in [0.3, 0.4) is 0 Å². The first-order valence-corrected chi connectivity index (χ1v) is 10.3. The summed E-state index contributed by atoms with van der Waals surface area (Å²) in [7, 11) is 1.77. The fraction of sp³-hybridized carbons (Fsp3) is 0.619. The van der Waals surface area contributed by atoms with E-state index in [1.165, 1.54) is 6.42 Å². The second-order valence-corrected chi connectivity index (χ2v) is 8.80. The summed E-state index contributed by atoms with van der Waals surface area (Å²) in [5, 5.41) is 3.41. The van der Waals surface area contributed by atoms with Crippen molar-refractivity contribution in [1.82, 2.24) is 4.90 Å². The van der Waals surface area contributed by atoms with E-state index in [0.717, 1.165) is 25.7 Å². The SMILES string of the molecule is CC(C)N(C)C(=O)c1ccc(Cl)c(NC(=O)C2CC3CCCC(C2)C3N)c1. The molecule has 3 rings (SSSR count). The molecule has 0 saturated heterocycles. The van der Waals surface area contributed by atoms with Crippen LogP contribution in [0.5, 0.6) is 0 Å². The van der Waals surface area contributed by atoms with Gasteiger partial charge in [-0.3, -0.25) is 9.59 Å². The molecule has 148 valence electrons. The van der Waals surface area contributed by atoms with E-state index in [1.54, 1.807) is 30.1 Å². The lowest BCUT2D eigenvalue weighted by atomic mass is 9.65. The third-order valence-corrected chi connectivity index (χ3v) is 6.68. The Morgan fingerprint density at radius 3 is 2.44 bits per heavy atom. The second-order valence-electron chi connectivity index (χ2n) is 8.39. The molecule has 2 amide bonds. The molecule has 1 aromatic rings. The third-order valence-electron chi connectivity index (χ3n) is 6.35. The van der Waals surface area contributed by atoms with Gasteiger partial charge in [0, 0.05) is 30.6 Å². The molecule has 2 fully saturated rings. The van der Waals surface area contributed by atoms with Crippen LogP contribution >= 0.6 is 11.6 Å². The van der Waals surface area contributed by atoms with Crippen molar-refractivity contribution in [3.8, 4) is 0 Å². The van der Waals surface area contributed by atoms with Crippen molar-refractivity contribution in [2.75, 3.05) is 12.4 Å². The normalized spacial score (nSPS) is 27.3. The van der Waals surface area contributed by atoms with Gasteiger partial charge in [0.25, 0.3) is 5.91 Å². The van der Waals surface area contributed by atoms with E-state index in [4.69, 9.17) is 17.3 Å². The topological polar surface area (TPSA) is 75.4 Å². The van der Waals surface area contributed by atoms with Crippen molar-refractivity contribution in [3.05, 3.63) is 28.8 Å². The standard InChI is InChI=1S/C21H30ClN3O2/c1-12(2)25(3)21(27)15-7-8-17(22)18(11-15)24-20(26)16-9-13-5-4-6-14(10-16)19(13)23/h7-8,11-14,16,19H,4-6,9-10,23H2,1-3H3,(H,24,26). The number of hydrogen-bond acceptors (Lipinski definition) is 3. The molecule has 3 N–H and O–H groups in total. The van der Waals surface area contributed by atoms with Gasteiger partial charge >= 0.3 is 0 Å². The van der Waals surface area contributed by atoms with Crippen LogP contribution in [0, 0.1) is 17.8 Å². The molecule has 0 radical (unpaired) electrons. The lowest BCUT2D eigenvalue weighted by Gasteiger charge is -2.43. The average molecular weight is 392 g/mol. The van der Waals surface area contributed by atoms with Crippen molar-refractivity contribution in [2.45, 2.75) is 58.0 Å². The Bertz CT molecular complexity index is 707. The van der Waals surface area contributed by atoms with Crippen molar-refractivity contribution >= 4 is 29.1 Å². The number of nitrogens with two attached hydrogens (primary N) is 1. The van der Waals surface area contributed by atoms with E-state index in [9.17, 15) is 9.59 Å². The number of rotatable bonds is 4. The van der Waals surface area contributed by atoms with Crippen LogP contribution in [-0.4, -0.2) is 35.8 Å². The van der Waals surface area contributed by atoms with Gasteiger partial charge in [-0.25, -0.2) is 0 Å². The predicted octanol–water partition coefficient (Wildman–Crippen LogP) is 3.91. The molecule has 2 atom stereocenters. The van der Waals surface area contributed by atoms with Crippen molar-refractivity contribution in [1.29, 1.82) is 0 Å². The number of anilines is 1. The van der Waals surface area contributed by atoms with E-state index in [0.29, 0.717) is 28.1 Å². The molecule has 27 heavy (non-hydrogen) atoms. The number of benzene rings is 1. The molecule has 2 unspecified atom stereocenters. The maximum atomic E-state index is 12.9. The highest BCUT2D eigenvalue weighted by Gasteiger charge is 2.40. The molecule has 0 aromatic heterocycles.